The van der Waals surface area contributed by atoms with E-state index in [1.165, 1.54) is 12.1 Å². The van der Waals surface area contributed by atoms with Gasteiger partial charge in [-0.05, 0) is 74.5 Å². The molecule has 4 aliphatic carbocycles. The molecule has 9 nitrogen and oxygen atoms in total. The molecule has 1 amide bonds. The third-order valence-electron chi connectivity index (χ3n) is 8.49. The number of hydrogen-bond donors (Lipinski definition) is 2. The van der Waals surface area contributed by atoms with Gasteiger partial charge in [0.15, 0.2) is 5.65 Å². The number of benzene rings is 1. The third kappa shape index (κ3) is 3.10. The molecule has 0 spiro atoms. The number of rotatable bonds is 4. The Morgan fingerprint density at radius 2 is 2.00 bits per heavy atom. The fourth-order valence-corrected chi connectivity index (χ4v) is 7.19. The second-order valence-electron chi connectivity index (χ2n) is 10.6. The monoisotopic (exact) mass is 475 g/mol. The zero-order valence-electron chi connectivity index (χ0n) is 19.6. The Bertz CT molecular complexity index is 1480. The number of hydrogen-bond acceptors (Lipinski definition) is 6. The topological polar surface area (TPSA) is 132 Å². The highest BCUT2D eigenvalue weighted by molar-refractivity contribution is 5.94. The first-order valence-corrected chi connectivity index (χ1v) is 11.9. The summed E-state index contributed by atoms with van der Waals surface area (Å²) >= 11 is 0. The van der Waals surface area contributed by atoms with Crippen molar-refractivity contribution in [3.05, 3.63) is 45.8 Å². The first-order valence-electron chi connectivity index (χ1n) is 11.9. The maximum Gasteiger partial charge on any atom is 0.330 e. The van der Waals surface area contributed by atoms with Gasteiger partial charge in [-0.25, -0.2) is 14.2 Å². The number of nitriles is 1. The van der Waals surface area contributed by atoms with Gasteiger partial charge in [-0.2, -0.15) is 10.2 Å². The van der Waals surface area contributed by atoms with Crippen LogP contribution in [0.2, 0.25) is 0 Å². The molecular weight excluding hydrogens is 449 g/mol. The number of nitrogens with two attached hydrogens (primary N) is 1. The molecular formula is C25H26FN7O2. The number of imidazole rings is 1. The van der Waals surface area contributed by atoms with E-state index in [4.69, 9.17) is 10.7 Å². The van der Waals surface area contributed by atoms with E-state index >= 15 is 0 Å². The smallest absolute Gasteiger partial charge is 0.330 e. The normalized spacial score (nSPS) is 28.9. The summed E-state index contributed by atoms with van der Waals surface area (Å²) in [6, 6.07) is 5.13. The molecule has 3 N–H and O–H groups in total. The largest absolute Gasteiger partial charge is 0.366 e. The van der Waals surface area contributed by atoms with Gasteiger partial charge in [0, 0.05) is 12.7 Å². The number of nitrogens with one attached hydrogen (secondary N) is 1. The highest BCUT2D eigenvalue weighted by Crippen LogP contribution is 2.61. The fourth-order valence-electron chi connectivity index (χ4n) is 7.19. The summed E-state index contributed by atoms with van der Waals surface area (Å²) in [6.45, 7) is 1.73. The molecule has 1 aromatic carbocycles. The van der Waals surface area contributed by atoms with E-state index in [2.05, 4.69) is 16.4 Å². The van der Waals surface area contributed by atoms with Crippen LogP contribution in [-0.2, 0) is 12.6 Å². The molecule has 2 heterocycles. The minimum Gasteiger partial charge on any atom is -0.366 e. The number of carbonyl (C=O) groups is 1. The molecule has 4 fully saturated rings. The van der Waals surface area contributed by atoms with Crippen LogP contribution in [-0.4, -0.2) is 25.0 Å². The minimum absolute atomic E-state index is 0.0680. The Morgan fingerprint density at radius 1 is 1.29 bits per heavy atom. The van der Waals surface area contributed by atoms with Crippen LogP contribution in [0.3, 0.4) is 0 Å². The number of anilines is 2. The van der Waals surface area contributed by atoms with E-state index < -0.39 is 11.7 Å². The molecule has 2 unspecified atom stereocenters. The van der Waals surface area contributed by atoms with Crippen LogP contribution in [0.5, 0.6) is 0 Å². The molecule has 4 aliphatic rings. The van der Waals surface area contributed by atoms with E-state index in [-0.39, 0.29) is 28.7 Å². The lowest BCUT2D eigenvalue weighted by Gasteiger charge is -2.58. The molecule has 2 aromatic heterocycles. The Hall–Kier alpha value is -3.74. The number of carbonyl (C=O) groups excluding carboxylic acids is 1. The van der Waals surface area contributed by atoms with Gasteiger partial charge in [0.25, 0.3) is 5.91 Å². The lowest BCUT2D eigenvalue weighted by molar-refractivity contribution is -0.0684. The maximum atomic E-state index is 14.4. The zero-order chi connectivity index (χ0) is 24.6. The van der Waals surface area contributed by atoms with Crippen molar-refractivity contribution in [1.29, 1.82) is 5.26 Å². The number of primary amides is 1. The van der Waals surface area contributed by atoms with E-state index in [0.717, 1.165) is 32.1 Å². The van der Waals surface area contributed by atoms with Crippen LogP contribution in [0.25, 0.3) is 11.2 Å². The van der Waals surface area contributed by atoms with E-state index in [0.29, 0.717) is 40.2 Å². The lowest BCUT2D eigenvalue weighted by atomic mass is 9.49. The van der Waals surface area contributed by atoms with Crippen molar-refractivity contribution < 1.29 is 9.18 Å². The molecule has 180 valence electrons. The highest BCUT2D eigenvalue weighted by atomic mass is 19.1. The van der Waals surface area contributed by atoms with Crippen molar-refractivity contribution in [2.75, 3.05) is 5.32 Å². The van der Waals surface area contributed by atoms with Crippen LogP contribution >= 0.6 is 0 Å². The van der Waals surface area contributed by atoms with E-state index in [9.17, 15) is 19.2 Å². The zero-order valence-corrected chi connectivity index (χ0v) is 19.6. The number of aromatic nitrogens is 4. The maximum absolute atomic E-state index is 14.4. The third-order valence-corrected chi connectivity index (χ3v) is 8.49. The average molecular weight is 476 g/mol. The van der Waals surface area contributed by atoms with Crippen LogP contribution in [0, 0.1) is 47.7 Å². The lowest BCUT2D eigenvalue weighted by Crippen LogP contribution is -2.57. The van der Waals surface area contributed by atoms with Gasteiger partial charge in [-0.3, -0.25) is 13.9 Å². The van der Waals surface area contributed by atoms with Crippen LogP contribution in [0.15, 0.2) is 23.1 Å². The number of amides is 1. The van der Waals surface area contributed by atoms with Crippen molar-refractivity contribution in [2.45, 2.75) is 44.6 Å². The van der Waals surface area contributed by atoms with Gasteiger partial charge in [0.05, 0.1) is 29.3 Å². The van der Waals surface area contributed by atoms with Gasteiger partial charge in [0.2, 0.25) is 5.95 Å². The molecule has 4 bridgehead atoms. The fraction of sp³-hybridized carbons (Fsp3) is 0.480. The summed E-state index contributed by atoms with van der Waals surface area (Å²) in [5.74, 6) is -0.136. The molecule has 3 aromatic rings. The quantitative estimate of drug-likeness (QED) is 0.596. The predicted molar refractivity (Wildman–Crippen MR) is 126 cm³/mol. The molecule has 0 aliphatic heterocycles. The summed E-state index contributed by atoms with van der Waals surface area (Å²) in [5, 5.41) is 12.8. The summed E-state index contributed by atoms with van der Waals surface area (Å²) in [7, 11) is 1.72. The summed E-state index contributed by atoms with van der Waals surface area (Å²) in [6.07, 6.45) is 6.26. The second-order valence-corrected chi connectivity index (χ2v) is 10.6. The average Bonchev–Trinajstić information content (AvgIpc) is 3.05. The Kier molecular flexibility index (Phi) is 4.59. The number of halogens is 1. The Labute approximate surface area is 200 Å². The molecule has 10 heteroatoms. The standard InChI is InChI=1S/C25H26FN7O2/c1-12-3-16(21(28)34)18(26)6-19(12)30-23-29-11-20-22(31-23)33(24(35)32(20)2)25-7-13-4-14(8-25)17(10-27)15(5-13)9-25/h3,6,11,13-15,17H,4-5,7-9H2,1-2H3,(H2,28,34)(H,29,30,31). The molecule has 4 saturated carbocycles. The van der Waals surface area contributed by atoms with Crippen molar-refractivity contribution in [1.82, 2.24) is 19.1 Å². The Balaban J connectivity index is 1.44. The van der Waals surface area contributed by atoms with Gasteiger partial charge in [-0.1, -0.05) is 0 Å². The van der Waals surface area contributed by atoms with Gasteiger partial charge in [0.1, 0.15) is 11.3 Å². The highest BCUT2D eigenvalue weighted by Gasteiger charge is 2.57. The Morgan fingerprint density at radius 3 is 2.66 bits per heavy atom. The number of nitrogens with zero attached hydrogens (tertiary/aromatic N) is 5. The van der Waals surface area contributed by atoms with Crippen LogP contribution in [0.4, 0.5) is 16.0 Å². The first kappa shape index (κ1) is 21.8. The SMILES string of the molecule is Cc1cc(C(N)=O)c(F)cc1Nc1ncc2c(n1)n(C13CC4CC(C1)C(C#N)C(C4)C3)c(=O)n2C. The summed E-state index contributed by atoms with van der Waals surface area (Å²) in [5.41, 5.74) is 6.76. The molecule has 2 atom stereocenters. The second kappa shape index (κ2) is 7.38. The van der Waals surface area contributed by atoms with E-state index in [1.807, 2.05) is 4.57 Å². The molecule has 0 saturated heterocycles. The van der Waals surface area contributed by atoms with Crippen molar-refractivity contribution in [3.63, 3.8) is 0 Å². The van der Waals surface area contributed by atoms with Crippen LogP contribution < -0.4 is 16.7 Å². The van der Waals surface area contributed by atoms with Gasteiger partial charge < -0.3 is 11.1 Å². The van der Waals surface area contributed by atoms with Gasteiger partial charge >= 0.3 is 5.69 Å². The summed E-state index contributed by atoms with van der Waals surface area (Å²) < 4.78 is 17.8. The number of fused-ring (bicyclic) bond motifs is 1. The molecule has 0 radical (unpaired) electrons. The summed E-state index contributed by atoms with van der Waals surface area (Å²) in [4.78, 5) is 34.0. The first-order chi connectivity index (χ1) is 16.7. The minimum atomic E-state index is -0.836. The van der Waals surface area contributed by atoms with Crippen LogP contribution in [0.1, 0.15) is 48.0 Å². The molecule has 7 rings (SSSR count). The van der Waals surface area contributed by atoms with Crippen molar-refractivity contribution in [2.24, 2.45) is 36.5 Å². The molecule has 35 heavy (non-hydrogen) atoms. The van der Waals surface area contributed by atoms with Gasteiger partial charge in [-0.15, -0.1) is 0 Å². The predicted octanol–water partition coefficient (Wildman–Crippen LogP) is 3.10. The van der Waals surface area contributed by atoms with Crippen molar-refractivity contribution >= 4 is 28.7 Å². The number of aryl methyl sites for hydroxylation is 2. The van der Waals surface area contributed by atoms with Crippen molar-refractivity contribution in [3.8, 4) is 6.07 Å². The van der Waals surface area contributed by atoms with E-state index in [1.54, 1.807) is 24.7 Å².